The van der Waals surface area contributed by atoms with Crippen molar-refractivity contribution in [2.24, 2.45) is 5.92 Å². The van der Waals surface area contributed by atoms with Gasteiger partial charge in [-0.1, -0.05) is 166 Å². The Labute approximate surface area is 279 Å². The molecule has 0 saturated heterocycles. The number of rotatable bonds is 9. The molecule has 0 aliphatic heterocycles. The van der Waals surface area contributed by atoms with Crippen molar-refractivity contribution in [2.45, 2.75) is 115 Å². The van der Waals surface area contributed by atoms with Gasteiger partial charge in [0.1, 0.15) is 0 Å². The van der Waals surface area contributed by atoms with Gasteiger partial charge in [-0.3, -0.25) is 0 Å². The van der Waals surface area contributed by atoms with Gasteiger partial charge in [0.15, 0.2) is 0 Å². The van der Waals surface area contributed by atoms with Crippen LogP contribution in [-0.4, -0.2) is 0 Å². The molecule has 3 rings (SSSR count). The van der Waals surface area contributed by atoms with E-state index in [1.165, 1.54) is 39.1 Å². The number of benzene rings is 3. The Kier molecular flexibility index (Phi) is 21.0. The van der Waals surface area contributed by atoms with E-state index in [1.807, 2.05) is 19.9 Å². The quantitative estimate of drug-likeness (QED) is 0.219. The highest BCUT2D eigenvalue weighted by Gasteiger charge is 2.22. The molecule has 0 unspecified atom stereocenters. The molecule has 45 heavy (non-hydrogen) atoms. The summed E-state index contributed by atoms with van der Waals surface area (Å²) in [5, 5.41) is 0. The Morgan fingerprint density at radius 2 is 1.18 bits per heavy atom. The topological polar surface area (TPSA) is 3.24 Å². The molecule has 0 saturated carbocycles. The van der Waals surface area contributed by atoms with Gasteiger partial charge in [0.25, 0.3) is 0 Å². The van der Waals surface area contributed by atoms with Crippen molar-refractivity contribution in [3.05, 3.63) is 132 Å². The summed E-state index contributed by atoms with van der Waals surface area (Å²) in [5.41, 5.74) is 11.4. The van der Waals surface area contributed by atoms with Crippen LogP contribution in [0.4, 0.5) is 5.69 Å². The molecular formula is C44H65N. The third kappa shape index (κ3) is 14.8. The third-order valence-electron chi connectivity index (χ3n) is 6.94. The van der Waals surface area contributed by atoms with E-state index >= 15 is 0 Å². The molecule has 0 aromatic heterocycles. The first-order valence-corrected chi connectivity index (χ1v) is 17.1. The first-order valence-electron chi connectivity index (χ1n) is 17.1. The zero-order chi connectivity index (χ0) is 34.5. The lowest BCUT2D eigenvalue weighted by atomic mass is 9.87. The number of hydrogen-bond acceptors (Lipinski definition) is 1. The summed E-state index contributed by atoms with van der Waals surface area (Å²) in [4.78, 5) is 2.27. The van der Waals surface area contributed by atoms with Crippen molar-refractivity contribution < 1.29 is 0 Å². The van der Waals surface area contributed by atoms with E-state index in [4.69, 9.17) is 0 Å². The van der Waals surface area contributed by atoms with Crippen LogP contribution in [0.3, 0.4) is 0 Å². The Hall–Kier alpha value is -3.58. The van der Waals surface area contributed by atoms with Gasteiger partial charge < -0.3 is 4.90 Å². The summed E-state index contributed by atoms with van der Waals surface area (Å²) in [5.74, 6) is 1.61. The monoisotopic (exact) mass is 608 g/mol. The van der Waals surface area contributed by atoms with E-state index in [9.17, 15) is 0 Å². The van der Waals surface area contributed by atoms with Crippen LogP contribution in [0.15, 0.2) is 115 Å². The Morgan fingerprint density at radius 3 is 1.56 bits per heavy atom. The maximum Gasteiger partial charge on any atom is 0.0524 e. The lowest BCUT2D eigenvalue weighted by Gasteiger charge is -2.31. The largest absolute Gasteiger partial charge is 0.317 e. The Bertz CT molecular complexity index is 1290. The molecule has 0 amide bonds. The highest BCUT2D eigenvalue weighted by molar-refractivity contribution is 5.85. The predicted molar refractivity (Wildman–Crippen MR) is 208 cm³/mol. The minimum absolute atomic E-state index is 0.387. The van der Waals surface area contributed by atoms with Crippen molar-refractivity contribution in [3.8, 4) is 11.1 Å². The van der Waals surface area contributed by atoms with Crippen molar-refractivity contribution in [3.63, 3.8) is 0 Å². The number of nitrogens with zero attached hydrogens (tertiary/aromatic N) is 1. The zero-order valence-electron chi connectivity index (χ0n) is 31.3. The molecule has 246 valence electrons. The minimum atomic E-state index is 0.387. The minimum Gasteiger partial charge on any atom is -0.317 e. The molecule has 1 heteroatoms. The second kappa shape index (κ2) is 22.9. The van der Waals surface area contributed by atoms with Crippen LogP contribution >= 0.6 is 0 Å². The van der Waals surface area contributed by atoms with Gasteiger partial charge in [-0.05, 0) is 91.8 Å². The van der Waals surface area contributed by atoms with Gasteiger partial charge in [0.2, 0.25) is 0 Å². The van der Waals surface area contributed by atoms with Gasteiger partial charge in [-0.25, -0.2) is 0 Å². The highest BCUT2D eigenvalue weighted by Crippen LogP contribution is 2.42. The smallest absolute Gasteiger partial charge is 0.0524 e. The van der Waals surface area contributed by atoms with Crippen molar-refractivity contribution in [1.29, 1.82) is 0 Å². The summed E-state index contributed by atoms with van der Waals surface area (Å²) >= 11 is 0. The first kappa shape index (κ1) is 41.4. The molecule has 0 fully saturated rings. The van der Waals surface area contributed by atoms with Crippen LogP contribution in [-0.2, 0) is 0 Å². The predicted octanol–water partition coefficient (Wildman–Crippen LogP) is 14.6. The molecule has 0 heterocycles. The third-order valence-corrected chi connectivity index (χ3v) is 6.94. The summed E-state index contributed by atoms with van der Waals surface area (Å²) in [6.07, 6.45) is 9.74. The lowest BCUT2D eigenvalue weighted by molar-refractivity contribution is 0.737. The standard InChI is InChI=1S/C29H33N.C9H16.C4H10.C2H6/c1-7-18-30(23(6)24-14-10-8-11-15-24)29-27(21(2)3)19-26(20-28(29)22(4)5)25-16-12-9-13-17-25;1-5-8(3)7-9(4)6-2;1-4(2)3;1-2/h7-22H,6H2,1-5H3;5,7H,6H2,1-4H3;4H,1-3H3;1-2H3/b18-7-;8-5-,9-7-;;. The average Bonchev–Trinajstić information content (AvgIpc) is 3.04. The van der Waals surface area contributed by atoms with Gasteiger partial charge in [-0.2, -0.15) is 0 Å². The normalized spacial score (nSPS) is 11.4. The molecule has 0 N–H and O–H groups in total. The van der Waals surface area contributed by atoms with Crippen LogP contribution in [0, 0.1) is 5.92 Å². The Balaban J connectivity index is 0.00000108. The van der Waals surface area contributed by atoms with Crippen molar-refractivity contribution in [2.75, 3.05) is 4.90 Å². The van der Waals surface area contributed by atoms with Crippen molar-refractivity contribution >= 4 is 11.4 Å². The fourth-order valence-corrected chi connectivity index (χ4v) is 4.43. The van der Waals surface area contributed by atoms with Gasteiger partial charge in [0.05, 0.1) is 5.69 Å². The SMILES string of the molecule is C/C=C(C)\C=C(\C)CC.C=C(c1ccccc1)N(/C=C\C)c1c(C(C)C)cc(-c2ccccc2)cc1C(C)C.CC.CC(C)C. The van der Waals surface area contributed by atoms with E-state index in [0.29, 0.717) is 11.8 Å². The lowest BCUT2D eigenvalue weighted by Crippen LogP contribution is -2.18. The number of allylic oxidation sites excluding steroid dienone is 5. The first-order chi connectivity index (χ1) is 21.4. The molecule has 0 radical (unpaired) electrons. The van der Waals surface area contributed by atoms with E-state index in [-0.39, 0.29) is 0 Å². The van der Waals surface area contributed by atoms with Crippen LogP contribution in [0.1, 0.15) is 132 Å². The van der Waals surface area contributed by atoms with Gasteiger partial charge in [0, 0.05) is 11.9 Å². The van der Waals surface area contributed by atoms with E-state index in [1.54, 1.807) is 0 Å². The van der Waals surface area contributed by atoms with Gasteiger partial charge >= 0.3 is 0 Å². The molecule has 3 aromatic rings. The maximum absolute atomic E-state index is 4.48. The second-order valence-electron chi connectivity index (χ2n) is 12.5. The Morgan fingerprint density at radius 1 is 0.733 bits per heavy atom. The molecule has 0 aliphatic rings. The zero-order valence-corrected chi connectivity index (χ0v) is 31.3. The summed E-state index contributed by atoms with van der Waals surface area (Å²) < 4.78 is 0. The van der Waals surface area contributed by atoms with Gasteiger partial charge in [-0.15, -0.1) is 0 Å². The van der Waals surface area contributed by atoms with E-state index < -0.39 is 0 Å². The fourth-order valence-electron chi connectivity index (χ4n) is 4.43. The number of anilines is 1. The number of hydrogen-bond donors (Lipinski definition) is 0. The average molecular weight is 608 g/mol. The highest BCUT2D eigenvalue weighted by atomic mass is 15.1. The summed E-state index contributed by atoms with van der Waals surface area (Å²) in [7, 11) is 0. The molecule has 3 aromatic carbocycles. The maximum atomic E-state index is 4.48. The summed E-state index contributed by atoms with van der Waals surface area (Å²) in [6.45, 7) is 34.7. The second-order valence-corrected chi connectivity index (χ2v) is 12.5. The molecule has 0 atom stereocenters. The van der Waals surface area contributed by atoms with Crippen molar-refractivity contribution in [1.82, 2.24) is 0 Å². The molecule has 0 bridgehead atoms. The fraction of sp³-hybridized carbons (Fsp3) is 0.409. The molecule has 0 aliphatic carbocycles. The van der Waals surface area contributed by atoms with Crippen LogP contribution < -0.4 is 4.90 Å². The van der Waals surface area contributed by atoms with Crippen LogP contribution in [0.5, 0.6) is 0 Å². The van der Waals surface area contributed by atoms with Crippen LogP contribution in [0.2, 0.25) is 0 Å². The molecular weight excluding hydrogens is 542 g/mol. The van der Waals surface area contributed by atoms with Crippen LogP contribution in [0.25, 0.3) is 16.8 Å². The van der Waals surface area contributed by atoms with E-state index in [2.05, 4.69) is 186 Å². The van der Waals surface area contributed by atoms with E-state index in [0.717, 1.165) is 23.6 Å². The molecule has 1 nitrogen and oxygen atoms in total. The summed E-state index contributed by atoms with van der Waals surface area (Å²) in [6, 6.07) is 25.8. The molecule has 0 spiro atoms.